The summed E-state index contributed by atoms with van der Waals surface area (Å²) >= 11 is 1.48. The first-order chi connectivity index (χ1) is 12.4. The van der Waals surface area contributed by atoms with E-state index in [0.29, 0.717) is 11.6 Å². The first-order valence-electron chi connectivity index (χ1n) is 9.22. The number of nitro benzene ring substituents is 1. The summed E-state index contributed by atoms with van der Waals surface area (Å²) in [4.78, 5) is 29.9. The number of amidine groups is 1. The molecule has 26 heavy (non-hydrogen) atoms. The molecule has 2 aliphatic rings. The van der Waals surface area contributed by atoms with Crippen molar-refractivity contribution in [2.24, 2.45) is 10.9 Å². The molecule has 2 atom stereocenters. The minimum atomic E-state index is -0.405. The highest BCUT2D eigenvalue weighted by Crippen LogP contribution is 2.37. The summed E-state index contributed by atoms with van der Waals surface area (Å²) in [7, 11) is 0. The van der Waals surface area contributed by atoms with E-state index in [2.05, 4.69) is 6.92 Å². The third-order valence-corrected chi connectivity index (χ3v) is 6.47. The molecule has 7 heteroatoms. The van der Waals surface area contributed by atoms with Crippen molar-refractivity contribution in [1.82, 2.24) is 4.90 Å². The van der Waals surface area contributed by atoms with E-state index in [-0.39, 0.29) is 22.9 Å². The second-order valence-corrected chi connectivity index (χ2v) is 8.54. The van der Waals surface area contributed by atoms with Crippen molar-refractivity contribution in [1.29, 1.82) is 0 Å². The van der Waals surface area contributed by atoms with E-state index >= 15 is 0 Å². The Hall–Kier alpha value is -1.89. The maximum Gasteiger partial charge on any atom is 0.269 e. The lowest BCUT2D eigenvalue weighted by molar-refractivity contribution is -0.384. The number of nitrogens with zero attached hydrogens (tertiary/aromatic N) is 3. The lowest BCUT2D eigenvalue weighted by Crippen LogP contribution is -2.43. The molecule has 1 saturated heterocycles. The van der Waals surface area contributed by atoms with Gasteiger partial charge in [0.2, 0.25) is 5.91 Å². The number of carbonyl (C=O) groups is 1. The number of nitro groups is 1. The van der Waals surface area contributed by atoms with Gasteiger partial charge in [-0.05, 0) is 51.2 Å². The number of aryl methyl sites for hydroxylation is 1. The molecule has 0 bridgehead atoms. The van der Waals surface area contributed by atoms with Crippen LogP contribution in [0.2, 0.25) is 0 Å². The summed E-state index contributed by atoms with van der Waals surface area (Å²) in [6.07, 6.45) is 6.06. The molecule has 140 valence electrons. The molecule has 1 aromatic carbocycles. The van der Waals surface area contributed by atoms with Gasteiger partial charge in [0.1, 0.15) is 0 Å². The van der Waals surface area contributed by atoms with E-state index in [1.54, 1.807) is 6.07 Å². The average Bonchev–Trinajstić information content (AvgIpc) is 2.90. The van der Waals surface area contributed by atoms with Crippen LogP contribution in [-0.4, -0.2) is 32.2 Å². The SMILES string of the molecule is Cc1cc([N+](=O)[O-])ccc1N=C1SC(C)C(=O)N1[C@H](C)C1CCCCC1. The van der Waals surface area contributed by atoms with Gasteiger partial charge in [0.15, 0.2) is 5.17 Å². The molecule has 1 saturated carbocycles. The molecule has 0 radical (unpaired) electrons. The Bertz CT molecular complexity index is 744. The molecule has 0 aromatic heterocycles. The predicted octanol–water partition coefficient (Wildman–Crippen LogP) is 4.82. The number of thioether (sulfide) groups is 1. The number of non-ortho nitro benzene ring substituents is 1. The molecule has 1 aliphatic carbocycles. The quantitative estimate of drug-likeness (QED) is 0.558. The maximum absolute atomic E-state index is 12.8. The van der Waals surface area contributed by atoms with Crippen LogP contribution in [0, 0.1) is 23.0 Å². The normalized spacial score (nSPS) is 24.3. The van der Waals surface area contributed by atoms with E-state index in [1.807, 2.05) is 18.7 Å². The van der Waals surface area contributed by atoms with Crippen molar-refractivity contribution < 1.29 is 9.72 Å². The van der Waals surface area contributed by atoms with Gasteiger partial charge in [0, 0.05) is 18.2 Å². The monoisotopic (exact) mass is 375 g/mol. The van der Waals surface area contributed by atoms with Crippen LogP contribution in [-0.2, 0) is 4.79 Å². The summed E-state index contributed by atoms with van der Waals surface area (Å²) in [6, 6.07) is 4.79. The first kappa shape index (κ1) is 18.9. The topological polar surface area (TPSA) is 75.8 Å². The minimum absolute atomic E-state index is 0.0578. The van der Waals surface area contributed by atoms with Gasteiger partial charge in [0.05, 0.1) is 15.9 Å². The molecule has 0 spiro atoms. The highest BCUT2D eigenvalue weighted by molar-refractivity contribution is 8.15. The number of hydrogen-bond acceptors (Lipinski definition) is 5. The molecule has 1 heterocycles. The number of benzene rings is 1. The number of amides is 1. The van der Waals surface area contributed by atoms with Gasteiger partial charge < -0.3 is 0 Å². The van der Waals surface area contributed by atoms with Crippen LogP contribution >= 0.6 is 11.8 Å². The van der Waals surface area contributed by atoms with Crippen LogP contribution in [0.5, 0.6) is 0 Å². The van der Waals surface area contributed by atoms with Gasteiger partial charge >= 0.3 is 0 Å². The van der Waals surface area contributed by atoms with Crippen molar-refractivity contribution in [3.8, 4) is 0 Å². The summed E-state index contributed by atoms with van der Waals surface area (Å²) in [6.45, 7) is 5.86. The molecule has 0 N–H and O–H groups in total. The first-order valence-corrected chi connectivity index (χ1v) is 10.1. The second-order valence-electron chi connectivity index (χ2n) is 7.23. The molecule has 6 nitrogen and oxygen atoms in total. The van der Waals surface area contributed by atoms with Crippen LogP contribution in [0.25, 0.3) is 0 Å². The minimum Gasteiger partial charge on any atom is -0.287 e. The largest absolute Gasteiger partial charge is 0.287 e. The van der Waals surface area contributed by atoms with Gasteiger partial charge in [-0.1, -0.05) is 31.0 Å². The van der Waals surface area contributed by atoms with Crippen LogP contribution in [0.4, 0.5) is 11.4 Å². The van der Waals surface area contributed by atoms with Crippen LogP contribution in [0.3, 0.4) is 0 Å². The molecular weight excluding hydrogens is 350 g/mol. The Morgan fingerprint density at radius 2 is 2.00 bits per heavy atom. The molecule has 3 rings (SSSR count). The number of carbonyl (C=O) groups excluding carboxylic acids is 1. The number of rotatable bonds is 4. The van der Waals surface area contributed by atoms with Crippen molar-refractivity contribution in [2.75, 3.05) is 0 Å². The zero-order valence-electron chi connectivity index (χ0n) is 15.5. The lowest BCUT2D eigenvalue weighted by Gasteiger charge is -2.34. The standard InChI is InChI=1S/C19H25N3O3S/c1-12-11-16(22(24)25)9-10-17(12)20-19-21(18(23)14(3)26-19)13(2)15-7-5-4-6-8-15/h9-11,13-15H,4-8H2,1-3H3/t13-,14?/m1/s1. The van der Waals surface area contributed by atoms with E-state index in [9.17, 15) is 14.9 Å². The van der Waals surface area contributed by atoms with Crippen LogP contribution in [0.15, 0.2) is 23.2 Å². The fourth-order valence-electron chi connectivity index (χ4n) is 3.82. The van der Waals surface area contributed by atoms with Gasteiger partial charge in [0.25, 0.3) is 5.69 Å². The second kappa shape index (κ2) is 7.78. The summed E-state index contributed by atoms with van der Waals surface area (Å²) < 4.78 is 0. The van der Waals surface area contributed by atoms with Gasteiger partial charge in [-0.15, -0.1) is 0 Å². The predicted molar refractivity (Wildman–Crippen MR) is 105 cm³/mol. The van der Waals surface area contributed by atoms with Crippen molar-refractivity contribution >= 4 is 34.2 Å². The van der Waals surface area contributed by atoms with E-state index in [4.69, 9.17) is 4.99 Å². The Kier molecular flexibility index (Phi) is 5.65. The van der Waals surface area contributed by atoms with E-state index in [1.165, 1.54) is 43.2 Å². The number of aliphatic imine (C=N–C) groups is 1. The fourth-order valence-corrected chi connectivity index (χ4v) is 4.87. The zero-order chi connectivity index (χ0) is 18.8. The Morgan fingerprint density at radius 1 is 1.31 bits per heavy atom. The maximum atomic E-state index is 12.8. The molecule has 1 aliphatic heterocycles. The average molecular weight is 375 g/mol. The summed E-state index contributed by atoms with van der Waals surface area (Å²) in [5.74, 6) is 0.633. The van der Waals surface area contributed by atoms with Gasteiger partial charge in [-0.3, -0.25) is 19.8 Å². The molecule has 2 fully saturated rings. The fraction of sp³-hybridized carbons (Fsp3) is 0.579. The van der Waals surface area contributed by atoms with Gasteiger partial charge in [-0.25, -0.2) is 4.99 Å². The Balaban J connectivity index is 1.90. The zero-order valence-corrected chi connectivity index (χ0v) is 16.3. The van der Waals surface area contributed by atoms with Crippen molar-refractivity contribution in [2.45, 2.75) is 64.2 Å². The summed E-state index contributed by atoms with van der Waals surface area (Å²) in [5.41, 5.74) is 1.48. The molecular formula is C19H25N3O3S. The van der Waals surface area contributed by atoms with Crippen LogP contribution < -0.4 is 0 Å². The van der Waals surface area contributed by atoms with Crippen LogP contribution in [0.1, 0.15) is 51.5 Å². The molecule has 1 unspecified atom stereocenters. The third kappa shape index (κ3) is 3.77. The molecule has 1 amide bonds. The highest BCUT2D eigenvalue weighted by atomic mass is 32.2. The Labute approximate surface area is 158 Å². The van der Waals surface area contributed by atoms with Gasteiger partial charge in [-0.2, -0.15) is 0 Å². The smallest absolute Gasteiger partial charge is 0.269 e. The summed E-state index contributed by atoms with van der Waals surface area (Å²) in [5, 5.41) is 11.5. The van der Waals surface area contributed by atoms with Crippen molar-refractivity contribution in [3.05, 3.63) is 33.9 Å². The Morgan fingerprint density at radius 3 is 2.62 bits per heavy atom. The van der Waals surface area contributed by atoms with Crippen molar-refractivity contribution in [3.63, 3.8) is 0 Å². The van der Waals surface area contributed by atoms with E-state index < -0.39 is 4.92 Å². The third-order valence-electron chi connectivity index (χ3n) is 5.42. The number of hydrogen-bond donors (Lipinski definition) is 0. The highest BCUT2D eigenvalue weighted by Gasteiger charge is 2.40. The lowest BCUT2D eigenvalue weighted by atomic mass is 9.84. The molecule has 1 aromatic rings. The van der Waals surface area contributed by atoms with E-state index in [0.717, 1.165) is 23.6 Å².